The second kappa shape index (κ2) is 7.19. The van der Waals surface area contributed by atoms with Gasteiger partial charge in [-0.25, -0.2) is 9.97 Å². The lowest BCUT2D eigenvalue weighted by Gasteiger charge is -2.14. The summed E-state index contributed by atoms with van der Waals surface area (Å²) in [7, 11) is 0. The molecule has 0 atom stereocenters. The number of carbonyl (C=O) groups is 1. The molecule has 2 aromatic rings. The number of hydrogen-bond acceptors (Lipinski definition) is 5. The molecule has 2 aromatic heterocycles. The molecule has 2 aliphatic rings. The maximum absolute atomic E-state index is 12.8. The Labute approximate surface area is 154 Å². The highest BCUT2D eigenvalue weighted by molar-refractivity contribution is 5.91. The molecule has 0 N–H and O–H groups in total. The number of furan rings is 1. The smallest absolute Gasteiger partial charge is 0.290 e. The third-order valence-electron chi connectivity index (χ3n) is 5.03. The van der Waals surface area contributed by atoms with Gasteiger partial charge in [-0.05, 0) is 44.0 Å². The molecule has 0 aliphatic carbocycles. The van der Waals surface area contributed by atoms with Crippen molar-refractivity contribution < 1.29 is 9.21 Å². The summed E-state index contributed by atoms with van der Waals surface area (Å²) in [5, 5.41) is 0. The van der Waals surface area contributed by atoms with Crippen molar-refractivity contribution in [3.05, 3.63) is 46.9 Å². The summed E-state index contributed by atoms with van der Waals surface area (Å²) >= 11 is 0. The van der Waals surface area contributed by atoms with Gasteiger partial charge in [0, 0.05) is 24.7 Å². The number of aromatic nitrogens is 2. The zero-order valence-electron chi connectivity index (χ0n) is 15.6. The van der Waals surface area contributed by atoms with Crippen LogP contribution >= 0.6 is 0 Å². The summed E-state index contributed by atoms with van der Waals surface area (Å²) in [4.78, 5) is 26.0. The van der Waals surface area contributed by atoms with E-state index in [1.54, 1.807) is 11.0 Å². The van der Waals surface area contributed by atoms with Crippen molar-refractivity contribution in [3.63, 3.8) is 0 Å². The highest BCUT2D eigenvalue weighted by atomic mass is 16.4. The Morgan fingerprint density at radius 1 is 1.23 bits per heavy atom. The SMILES string of the molecule is CC(C)Cc1ncc2c(n1)CN(C(=O)c1ccc(CN3CCCC3)o1)C2. The Bertz CT molecular complexity index is 793. The van der Waals surface area contributed by atoms with Gasteiger partial charge >= 0.3 is 0 Å². The first-order chi connectivity index (χ1) is 12.6. The lowest BCUT2D eigenvalue weighted by Crippen LogP contribution is -2.25. The average Bonchev–Trinajstić information content (AvgIpc) is 3.34. The molecule has 0 aromatic carbocycles. The van der Waals surface area contributed by atoms with Crippen LogP contribution in [0, 0.1) is 5.92 Å². The Balaban J connectivity index is 1.41. The van der Waals surface area contributed by atoms with Crippen LogP contribution in [0.2, 0.25) is 0 Å². The van der Waals surface area contributed by atoms with Crippen molar-refractivity contribution in [3.8, 4) is 0 Å². The first kappa shape index (κ1) is 17.2. The van der Waals surface area contributed by atoms with Crippen molar-refractivity contribution >= 4 is 5.91 Å². The van der Waals surface area contributed by atoms with E-state index in [9.17, 15) is 4.79 Å². The van der Waals surface area contributed by atoms with Gasteiger partial charge < -0.3 is 9.32 Å². The number of amides is 1. The molecular formula is C20H26N4O2. The molecule has 0 spiro atoms. The summed E-state index contributed by atoms with van der Waals surface area (Å²) in [5.74, 6) is 2.60. The summed E-state index contributed by atoms with van der Waals surface area (Å²) in [6, 6.07) is 3.72. The molecule has 6 nitrogen and oxygen atoms in total. The molecular weight excluding hydrogens is 328 g/mol. The number of rotatable bonds is 5. The molecule has 6 heteroatoms. The van der Waals surface area contributed by atoms with Gasteiger partial charge in [0.05, 0.1) is 18.8 Å². The van der Waals surface area contributed by atoms with Gasteiger partial charge in [-0.15, -0.1) is 0 Å². The Morgan fingerprint density at radius 2 is 2.04 bits per heavy atom. The van der Waals surface area contributed by atoms with E-state index in [2.05, 4.69) is 28.7 Å². The Morgan fingerprint density at radius 3 is 2.81 bits per heavy atom. The zero-order valence-corrected chi connectivity index (χ0v) is 15.6. The van der Waals surface area contributed by atoms with Crippen LogP contribution in [0.25, 0.3) is 0 Å². The summed E-state index contributed by atoms with van der Waals surface area (Å²) < 4.78 is 5.83. The van der Waals surface area contributed by atoms with Crippen molar-refractivity contribution in [2.45, 2.75) is 52.7 Å². The van der Waals surface area contributed by atoms with E-state index in [0.717, 1.165) is 48.9 Å². The maximum Gasteiger partial charge on any atom is 0.290 e. The van der Waals surface area contributed by atoms with E-state index < -0.39 is 0 Å². The van der Waals surface area contributed by atoms with E-state index in [1.807, 2.05) is 12.3 Å². The first-order valence-corrected chi connectivity index (χ1v) is 9.52. The monoisotopic (exact) mass is 354 g/mol. The van der Waals surface area contributed by atoms with Crippen molar-refractivity contribution in [1.29, 1.82) is 0 Å². The second-order valence-corrected chi connectivity index (χ2v) is 7.77. The number of fused-ring (bicyclic) bond motifs is 1. The predicted octanol–water partition coefficient (Wildman–Crippen LogP) is 3.02. The number of nitrogens with zero attached hydrogens (tertiary/aromatic N) is 4. The molecule has 1 amide bonds. The molecule has 138 valence electrons. The summed E-state index contributed by atoms with van der Waals surface area (Å²) in [6.07, 6.45) is 5.23. The highest BCUT2D eigenvalue weighted by Crippen LogP contribution is 2.24. The first-order valence-electron chi connectivity index (χ1n) is 9.52. The van der Waals surface area contributed by atoms with Gasteiger partial charge in [0.15, 0.2) is 5.76 Å². The standard InChI is InChI=1S/C20H26N4O2/c1-14(2)9-19-21-10-15-11-24(13-17(15)22-19)20(25)18-6-5-16(26-18)12-23-7-3-4-8-23/h5-6,10,14H,3-4,7-9,11-13H2,1-2H3. The minimum Gasteiger partial charge on any atom is -0.455 e. The largest absolute Gasteiger partial charge is 0.455 e. The van der Waals surface area contributed by atoms with Gasteiger partial charge in [-0.1, -0.05) is 13.8 Å². The van der Waals surface area contributed by atoms with Crippen LogP contribution in [0.4, 0.5) is 0 Å². The fourth-order valence-corrected chi connectivity index (χ4v) is 3.70. The predicted molar refractivity (Wildman–Crippen MR) is 97.4 cm³/mol. The number of hydrogen-bond donors (Lipinski definition) is 0. The molecule has 1 saturated heterocycles. The third-order valence-corrected chi connectivity index (χ3v) is 5.03. The van der Waals surface area contributed by atoms with Gasteiger partial charge in [0.2, 0.25) is 0 Å². The minimum absolute atomic E-state index is 0.0684. The van der Waals surface area contributed by atoms with Gasteiger partial charge in [0.1, 0.15) is 11.6 Å². The number of carbonyl (C=O) groups excluding carboxylic acids is 1. The van der Waals surface area contributed by atoms with E-state index in [1.165, 1.54) is 12.8 Å². The van der Waals surface area contributed by atoms with Crippen LogP contribution in [0.1, 0.15) is 60.1 Å². The molecule has 2 aliphatic heterocycles. The topological polar surface area (TPSA) is 62.5 Å². The van der Waals surface area contributed by atoms with E-state index in [4.69, 9.17) is 4.42 Å². The van der Waals surface area contributed by atoms with Gasteiger partial charge in [0.25, 0.3) is 5.91 Å². The van der Waals surface area contributed by atoms with Crippen LogP contribution in [0.3, 0.4) is 0 Å². The molecule has 0 unspecified atom stereocenters. The second-order valence-electron chi connectivity index (χ2n) is 7.77. The molecule has 0 bridgehead atoms. The maximum atomic E-state index is 12.8. The van der Waals surface area contributed by atoms with Crippen molar-refractivity contribution in [2.75, 3.05) is 13.1 Å². The van der Waals surface area contributed by atoms with Crippen LogP contribution in [-0.2, 0) is 26.1 Å². The molecule has 4 rings (SSSR count). The Kier molecular flexibility index (Phi) is 4.76. The fraction of sp³-hybridized carbons (Fsp3) is 0.550. The summed E-state index contributed by atoms with van der Waals surface area (Å²) in [5.41, 5.74) is 2.00. The Hall–Kier alpha value is -2.21. The zero-order chi connectivity index (χ0) is 18.1. The van der Waals surface area contributed by atoms with E-state index >= 15 is 0 Å². The normalized spacial score (nSPS) is 17.3. The van der Waals surface area contributed by atoms with Crippen LogP contribution in [0.5, 0.6) is 0 Å². The minimum atomic E-state index is -0.0684. The van der Waals surface area contributed by atoms with Crippen LogP contribution in [0.15, 0.2) is 22.7 Å². The lowest BCUT2D eigenvalue weighted by molar-refractivity contribution is 0.0714. The van der Waals surface area contributed by atoms with Crippen molar-refractivity contribution in [1.82, 2.24) is 19.8 Å². The average molecular weight is 354 g/mol. The third kappa shape index (κ3) is 3.65. The molecule has 4 heterocycles. The quantitative estimate of drug-likeness (QED) is 0.826. The highest BCUT2D eigenvalue weighted by Gasteiger charge is 2.28. The van der Waals surface area contributed by atoms with Crippen LogP contribution in [-0.4, -0.2) is 38.8 Å². The molecule has 0 saturated carbocycles. The fourth-order valence-electron chi connectivity index (χ4n) is 3.70. The van der Waals surface area contributed by atoms with Crippen molar-refractivity contribution in [2.24, 2.45) is 5.92 Å². The summed E-state index contributed by atoms with van der Waals surface area (Å²) in [6.45, 7) is 8.41. The van der Waals surface area contributed by atoms with Gasteiger partial charge in [-0.3, -0.25) is 9.69 Å². The van der Waals surface area contributed by atoms with E-state index in [0.29, 0.717) is 24.8 Å². The van der Waals surface area contributed by atoms with E-state index in [-0.39, 0.29) is 5.91 Å². The molecule has 1 fully saturated rings. The van der Waals surface area contributed by atoms with Gasteiger partial charge in [-0.2, -0.15) is 0 Å². The number of likely N-dealkylation sites (tertiary alicyclic amines) is 1. The molecule has 0 radical (unpaired) electrons. The lowest BCUT2D eigenvalue weighted by atomic mass is 10.1. The van der Waals surface area contributed by atoms with Crippen LogP contribution < -0.4 is 0 Å². The molecule has 26 heavy (non-hydrogen) atoms.